The number of nitrogens with zero attached hydrogens (tertiary/aromatic N) is 2. The van der Waals surface area contributed by atoms with E-state index in [4.69, 9.17) is 12.2 Å². The molecule has 3 N–H and O–H groups in total. The Balaban J connectivity index is 1.84. The average Bonchev–Trinajstić information content (AvgIpc) is 2.92. The number of hydrogen-bond acceptors (Lipinski definition) is 3. The molecule has 1 amide bonds. The second-order valence-electron chi connectivity index (χ2n) is 5.21. The van der Waals surface area contributed by atoms with Gasteiger partial charge < -0.3 is 5.32 Å². The van der Waals surface area contributed by atoms with Crippen molar-refractivity contribution in [1.82, 2.24) is 20.6 Å². The number of carbonyl (C=O) groups is 1. The molecule has 1 aromatic heterocycles. The molecule has 6 nitrogen and oxygen atoms in total. The number of hydrogen-bond donors (Lipinski definition) is 3. The van der Waals surface area contributed by atoms with E-state index < -0.39 is 0 Å². The van der Waals surface area contributed by atoms with E-state index in [1.165, 1.54) is 11.8 Å². The predicted molar refractivity (Wildman–Crippen MR) is 90.6 cm³/mol. The first kappa shape index (κ1) is 16.0. The molecule has 1 heterocycles. The molecule has 0 atom stereocenters. The SMILES string of the molecule is CC(C)c1ccc(NC(=S)NNC(=O)c2cnn(C)c2)cc1. The van der Waals surface area contributed by atoms with Crippen molar-refractivity contribution in [3.8, 4) is 0 Å². The molecule has 0 fully saturated rings. The van der Waals surface area contributed by atoms with E-state index in [-0.39, 0.29) is 5.91 Å². The average molecular weight is 317 g/mol. The van der Waals surface area contributed by atoms with Crippen LogP contribution in [0, 0.1) is 0 Å². The number of rotatable bonds is 3. The van der Waals surface area contributed by atoms with Crippen LogP contribution in [-0.4, -0.2) is 20.8 Å². The second kappa shape index (κ2) is 7.04. The normalized spacial score (nSPS) is 10.4. The molecule has 116 valence electrons. The molecule has 0 aliphatic carbocycles. The summed E-state index contributed by atoms with van der Waals surface area (Å²) >= 11 is 5.14. The topological polar surface area (TPSA) is 71.0 Å². The fourth-order valence-corrected chi connectivity index (χ4v) is 2.01. The summed E-state index contributed by atoms with van der Waals surface area (Å²) in [6, 6.07) is 7.99. The lowest BCUT2D eigenvalue weighted by Gasteiger charge is -2.12. The van der Waals surface area contributed by atoms with Crippen molar-refractivity contribution >= 4 is 28.9 Å². The van der Waals surface area contributed by atoms with Gasteiger partial charge in [0, 0.05) is 18.9 Å². The van der Waals surface area contributed by atoms with Crippen LogP contribution >= 0.6 is 12.2 Å². The highest BCUT2D eigenvalue weighted by Crippen LogP contribution is 2.16. The van der Waals surface area contributed by atoms with Crippen molar-refractivity contribution in [2.75, 3.05) is 5.32 Å². The van der Waals surface area contributed by atoms with E-state index in [0.717, 1.165) is 5.69 Å². The lowest BCUT2D eigenvalue weighted by Crippen LogP contribution is -2.43. The number of aromatic nitrogens is 2. The van der Waals surface area contributed by atoms with Crippen molar-refractivity contribution in [2.24, 2.45) is 7.05 Å². The van der Waals surface area contributed by atoms with Gasteiger partial charge in [0.15, 0.2) is 5.11 Å². The van der Waals surface area contributed by atoms with E-state index in [2.05, 4.69) is 35.1 Å². The fraction of sp³-hybridized carbons (Fsp3) is 0.267. The van der Waals surface area contributed by atoms with Crippen molar-refractivity contribution < 1.29 is 4.79 Å². The first-order valence-electron chi connectivity index (χ1n) is 6.91. The third-order valence-corrected chi connectivity index (χ3v) is 3.30. The van der Waals surface area contributed by atoms with Gasteiger partial charge in [0.1, 0.15) is 0 Å². The van der Waals surface area contributed by atoms with Crippen molar-refractivity contribution in [1.29, 1.82) is 0 Å². The molecule has 0 bridgehead atoms. The van der Waals surface area contributed by atoms with Crippen LogP contribution in [0.3, 0.4) is 0 Å². The van der Waals surface area contributed by atoms with Crippen LogP contribution in [0.1, 0.15) is 35.7 Å². The minimum absolute atomic E-state index is 0.299. The molecule has 0 aliphatic heterocycles. The van der Waals surface area contributed by atoms with Gasteiger partial charge in [0.05, 0.1) is 11.8 Å². The van der Waals surface area contributed by atoms with Gasteiger partial charge in [-0.25, -0.2) is 0 Å². The maximum Gasteiger partial charge on any atom is 0.272 e. The second-order valence-corrected chi connectivity index (χ2v) is 5.62. The highest BCUT2D eigenvalue weighted by molar-refractivity contribution is 7.80. The molecule has 0 aliphatic rings. The highest BCUT2D eigenvalue weighted by atomic mass is 32.1. The fourth-order valence-electron chi connectivity index (χ4n) is 1.84. The summed E-state index contributed by atoms with van der Waals surface area (Å²) in [5, 5.41) is 7.25. The first-order chi connectivity index (χ1) is 10.5. The number of benzene rings is 1. The van der Waals surface area contributed by atoms with Crippen LogP contribution < -0.4 is 16.2 Å². The van der Waals surface area contributed by atoms with Crippen molar-refractivity contribution in [3.05, 3.63) is 47.8 Å². The minimum Gasteiger partial charge on any atom is -0.331 e. The zero-order valence-corrected chi connectivity index (χ0v) is 13.6. The number of amides is 1. The quantitative estimate of drug-likeness (QED) is 0.598. The highest BCUT2D eigenvalue weighted by Gasteiger charge is 2.07. The van der Waals surface area contributed by atoms with Crippen LogP contribution in [0.2, 0.25) is 0 Å². The van der Waals surface area contributed by atoms with Gasteiger partial charge >= 0.3 is 0 Å². The molecule has 0 radical (unpaired) electrons. The molecule has 0 spiro atoms. The molecule has 0 unspecified atom stereocenters. The number of carbonyl (C=O) groups excluding carboxylic acids is 1. The van der Waals surface area contributed by atoms with Gasteiger partial charge in [-0.15, -0.1) is 0 Å². The number of nitrogens with one attached hydrogen (secondary N) is 3. The molecule has 7 heteroatoms. The van der Waals surface area contributed by atoms with Crippen LogP contribution in [0.4, 0.5) is 5.69 Å². The number of aryl methyl sites for hydroxylation is 1. The Morgan fingerprint density at radius 3 is 2.45 bits per heavy atom. The third-order valence-electron chi connectivity index (χ3n) is 3.09. The van der Waals surface area contributed by atoms with Gasteiger partial charge in [-0.3, -0.25) is 20.3 Å². The summed E-state index contributed by atoms with van der Waals surface area (Å²) in [5.41, 5.74) is 7.75. The summed E-state index contributed by atoms with van der Waals surface area (Å²) in [6.07, 6.45) is 3.11. The Morgan fingerprint density at radius 2 is 1.91 bits per heavy atom. The molecule has 22 heavy (non-hydrogen) atoms. The monoisotopic (exact) mass is 317 g/mol. The summed E-state index contributed by atoms with van der Waals surface area (Å²) in [5.74, 6) is 0.185. The molecule has 2 rings (SSSR count). The van der Waals surface area contributed by atoms with Crippen molar-refractivity contribution in [2.45, 2.75) is 19.8 Å². The van der Waals surface area contributed by atoms with Gasteiger partial charge in [-0.1, -0.05) is 26.0 Å². The van der Waals surface area contributed by atoms with Crippen molar-refractivity contribution in [3.63, 3.8) is 0 Å². The number of hydrazine groups is 1. The Labute approximate surface area is 134 Å². The molecular weight excluding hydrogens is 298 g/mol. The predicted octanol–water partition coefficient (Wildman–Crippen LogP) is 2.17. The van der Waals surface area contributed by atoms with Gasteiger partial charge in [-0.2, -0.15) is 5.10 Å². The minimum atomic E-state index is -0.299. The van der Waals surface area contributed by atoms with E-state index in [1.807, 2.05) is 24.3 Å². The Morgan fingerprint density at radius 1 is 1.23 bits per heavy atom. The molecule has 0 saturated carbocycles. The van der Waals surface area contributed by atoms with Gasteiger partial charge in [0.25, 0.3) is 5.91 Å². The zero-order chi connectivity index (χ0) is 16.1. The Kier molecular flexibility index (Phi) is 5.11. The maximum atomic E-state index is 11.8. The molecular formula is C15H19N5OS. The molecule has 1 aromatic carbocycles. The van der Waals surface area contributed by atoms with Crippen LogP contribution in [0.5, 0.6) is 0 Å². The lowest BCUT2D eigenvalue weighted by molar-refractivity contribution is 0.0944. The third kappa shape index (κ3) is 4.29. The van der Waals surface area contributed by atoms with Gasteiger partial charge in [0.2, 0.25) is 0 Å². The summed E-state index contributed by atoms with van der Waals surface area (Å²) in [4.78, 5) is 11.8. The van der Waals surface area contributed by atoms with Crippen LogP contribution in [-0.2, 0) is 7.05 Å². The smallest absolute Gasteiger partial charge is 0.272 e. The van der Waals surface area contributed by atoms with E-state index in [9.17, 15) is 4.79 Å². The van der Waals surface area contributed by atoms with Crippen LogP contribution in [0.25, 0.3) is 0 Å². The Bertz CT molecular complexity index is 663. The van der Waals surface area contributed by atoms with Crippen LogP contribution in [0.15, 0.2) is 36.7 Å². The summed E-state index contributed by atoms with van der Waals surface area (Å²) < 4.78 is 1.56. The standard InChI is InChI=1S/C15H19N5OS/c1-10(2)11-4-6-13(7-5-11)17-15(22)19-18-14(21)12-8-16-20(3)9-12/h4-10H,1-3H3,(H,18,21)(H2,17,19,22). The zero-order valence-electron chi connectivity index (χ0n) is 12.8. The number of anilines is 1. The van der Waals surface area contributed by atoms with Gasteiger partial charge in [-0.05, 0) is 35.8 Å². The maximum absolute atomic E-state index is 11.8. The molecule has 0 saturated heterocycles. The summed E-state index contributed by atoms with van der Waals surface area (Å²) in [6.45, 7) is 4.28. The summed E-state index contributed by atoms with van der Waals surface area (Å²) in [7, 11) is 1.75. The first-order valence-corrected chi connectivity index (χ1v) is 7.32. The molecule has 2 aromatic rings. The van der Waals surface area contributed by atoms with E-state index >= 15 is 0 Å². The Hall–Kier alpha value is -2.41. The largest absolute Gasteiger partial charge is 0.331 e. The lowest BCUT2D eigenvalue weighted by atomic mass is 10.0. The van der Waals surface area contributed by atoms with E-state index in [1.54, 1.807) is 17.9 Å². The number of thiocarbonyl (C=S) groups is 1. The van der Waals surface area contributed by atoms with E-state index in [0.29, 0.717) is 16.6 Å².